The van der Waals surface area contributed by atoms with Crippen LogP contribution in [-0.4, -0.2) is 31.1 Å². The Kier molecular flexibility index (Phi) is 4.71. The standard InChI is InChI=1S/C17H13N3O7/c1-9(21)14-11(7-12(22)16(23)15(14)20(24)25)17-18-13(27-19-17)8-26-10-5-3-2-4-6-10/h2-7,22-23H,8H2,1H3. The number of phenols is 2. The van der Waals surface area contributed by atoms with Gasteiger partial charge in [0, 0.05) is 5.56 Å². The molecular weight excluding hydrogens is 358 g/mol. The van der Waals surface area contributed by atoms with E-state index in [9.17, 15) is 25.1 Å². The van der Waals surface area contributed by atoms with Gasteiger partial charge in [0.25, 0.3) is 5.89 Å². The van der Waals surface area contributed by atoms with Gasteiger partial charge in [-0.3, -0.25) is 14.9 Å². The second kappa shape index (κ2) is 7.12. The van der Waals surface area contributed by atoms with Gasteiger partial charge in [0.1, 0.15) is 11.3 Å². The minimum absolute atomic E-state index is 0.0542. The summed E-state index contributed by atoms with van der Waals surface area (Å²) in [7, 11) is 0. The van der Waals surface area contributed by atoms with Gasteiger partial charge >= 0.3 is 5.69 Å². The van der Waals surface area contributed by atoms with Crippen LogP contribution in [0.5, 0.6) is 17.2 Å². The van der Waals surface area contributed by atoms with E-state index in [0.717, 1.165) is 13.0 Å². The molecule has 1 aromatic heterocycles. The van der Waals surface area contributed by atoms with E-state index in [1.807, 2.05) is 6.07 Å². The Morgan fingerprint density at radius 2 is 2.00 bits per heavy atom. The fourth-order valence-corrected chi connectivity index (χ4v) is 2.44. The molecule has 0 saturated heterocycles. The highest BCUT2D eigenvalue weighted by atomic mass is 16.6. The van der Waals surface area contributed by atoms with Crippen LogP contribution in [0.4, 0.5) is 5.69 Å². The topological polar surface area (TPSA) is 149 Å². The van der Waals surface area contributed by atoms with Gasteiger partial charge in [0.15, 0.2) is 18.1 Å². The second-order valence-corrected chi connectivity index (χ2v) is 5.44. The van der Waals surface area contributed by atoms with E-state index in [1.165, 1.54) is 0 Å². The lowest BCUT2D eigenvalue weighted by atomic mass is 10.00. The average Bonchev–Trinajstić information content (AvgIpc) is 3.11. The molecule has 0 saturated carbocycles. The van der Waals surface area contributed by atoms with Crippen molar-refractivity contribution in [3.8, 4) is 28.6 Å². The molecule has 1 heterocycles. The monoisotopic (exact) mass is 371 g/mol. The number of aromatic nitrogens is 2. The Hall–Kier alpha value is -3.95. The van der Waals surface area contributed by atoms with Crippen LogP contribution in [0.25, 0.3) is 11.4 Å². The predicted molar refractivity (Wildman–Crippen MR) is 90.5 cm³/mol. The zero-order chi connectivity index (χ0) is 19.6. The summed E-state index contributed by atoms with van der Waals surface area (Å²) >= 11 is 0. The number of carbonyl (C=O) groups is 1. The number of carbonyl (C=O) groups excluding carboxylic acids is 1. The third-order valence-electron chi connectivity index (χ3n) is 3.60. The number of phenolic OH excluding ortho intramolecular Hbond substituents is 2. The molecule has 0 atom stereocenters. The largest absolute Gasteiger partial charge is 0.504 e. The molecule has 0 radical (unpaired) electrons. The zero-order valence-electron chi connectivity index (χ0n) is 13.9. The molecule has 10 nitrogen and oxygen atoms in total. The van der Waals surface area contributed by atoms with E-state index < -0.39 is 33.5 Å². The Balaban J connectivity index is 1.98. The smallest absolute Gasteiger partial charge is 0.326 e. The number of benzene rings is 2. The van der Waals surface area contributed by atoms with E-state index in [2.05, 4.69) is 10.1 Å². The highest BCUT2D eigenvalue weighted by Gasteiger charge is 2.31. The van der Waals surface area contributed by atoms with Crippen molar-refractivity contribution in [3.05, 3.63) is 58.0 Å². The van der Waals surface area contributed by atoms with Crippen molar-refractivity contribution in [2.24, 2.45) is 0 Å². The number of Topliss-reactive ketones (excluding diaryl/α,β-unsaturated/α-hetero) is 1. The summed E-state index contributed by atoms with van der Waals surface area (Å²) in [6, 6.07) is 9.81. The van der Waals surface area contributed by atoms with Gasteiger partial charge in [-0.2, -0.15) is 4.98 Å². The van der Waals surface area contributed by atoms with Crippen LogP contribution in [0, 0.1) is 10.1 Å². The lowest BCUT2D eigenvalue weighted by Crippen LogP contribution is -2.04. The fourth-order valence-electron chi connectivity index (χ4n) is 2.44. The van der Waals surface area contributed by atoms with Crippen LogP contribution in [0.2, 0.25) is 0 Å². The molecule has 0 fully saturated rings. The van der Waals surface area contributed by atoms with E-state index in [1.54, 1.807) is 24.3 Å². The Labute approximate surface area is 151 Å². The third-order valence-corrected chi connectivity index (χ3v) is 3.60. The molecule has 27 heavy (non-hydrogen) atoms. The lowest BCUT2D eigenvalue weighted by molar-refractivity contribution is -0.386. The number of nitro benzene ring substituents is 1. The first-order valence-electron chi connectivity index (χ1n) is 7.63. The molecule has 0 unspecified atom stereocenters. The summed E-state index contributed by atoms with van der Waals surface area (Å²) in [4.78, 5) is 26.3. The molecule has 0 amide bonds. The minimum Gasteiger partial charge on any atom is -0.504 e. The average molecular weight is 371 g/mol. The quantitative estimate of drug-likeness (QED) is 0.288. The van der Waals surface area contributed by atoms with Gasteiger partial charge < -0.3 is 19.5 Å². The van der Waals surface area contributed by atoms with Gasteiger partial charge in [-0.15, -0.1) is 0 Å². The fraction of sp³-hybridized carbons (Fsp3) is 0.118. The first kappa shape index (κ1) is 17.9. The van der Waals surface area contributed by atoms with E-state index in [-0.39, 0.29) is 23.9 Å². The van der Waals surface area contributed by atoms with Gasteiger partial charge in [-0.25, -0.2) is 0 Å². The first-order valence-corrected chi connectivity index (χ1v) is 7.63. The Morgan fingerprint density at radius 3 is 2.63 bits per heavy atom. The number of hydrogen-bond acceptors (Lipinski definition) is 9. The van der Waals surface area contributed by atoms with Gasteiger partial charge in [-0.05, 0) is 25.1 Å². The normalized spacial score (nSPS) is 10.6. The zero-order valence-corrected chi connectivity index (χ0v) is 13.9. The van der Waals surface area contributed by atoms with Gasteiger partial charge in [0.2, 0.25) is 11.6 Å². The second-order valence-electron chi connectivity index (χ2n) is 5.44. The number of rotatable bonds is 6. The van der Waals surface area contributed by atoms with Gasteiger partial charge in [0.05, 0.1) is 4.92 Å². The first-order chi connectivity index (χ1) is 12.9. The van der Waals surface area contributed by atoms with Crippen LogP contribution in [0.15, 0.2) is 40.9 Å². The SMILES string of the molecule is CC(=O)c1c(-c2noc(COc3ccccc3)n2)cc(O)c(O)c1[N+](=O)[O-]. The number of para-hydroxylation sites is 1. The van der Waals surface area contributed by atoms with Crippen molar-refractivity contribution < 1.29 is 29.2 Å². The van der Waals surface area contributed by atoms with E-state index >= 15 is 0 Å². The molecule has 2 N–H and O–H groups in total. The van der Waals surface area contributed by atoms with Crippen molar-refractivity contribution >= 4 is 11.5 Å². The number of aromatic hydroxyl groups is 2. The highest BCUT2D eigenvalue weighted by Crippen LogP contribution is 2.43. The molecule has 3 aromatic rings. The molecule has 138 valence electrons. The number of nitro groups is 1. The molecule has 2 aromatic carbocycles. The van der Waals surface area contributed by atoms with Crippen LogP contribution >= 0.6 is 0 Å². The third kappa shape index (κ3) is 3.54. The number of ketones is 1. The number of nitrogens with zero attached hydrogens (tertiary/aromatic N) is 3. The van der Waals surface area contributed by atoms with Crippen LogP contribution < -0.4 is 4.74 Å². The summed E-state index contributed by atoms with van der Waals surface area (Å²) in [6.45, 7) is 1.01. The van der Waals surface area contributed by atoms with E-state index in [4.69, 9.17) is 9.26 Å². The number of ether oxygens (including phenoxy) is 1. The number of hydrogen-bond donors (Lipinski definition) is 2. The van der Waals surface area contributed by atoms with E-state index in [0.29, 0.717) is 5.75 Å². The molecule has 3 rings (SSSR count). The van der Waals surface area contributed by atoms with Crippen LogP contribution in [0.1, 0.15) is 23.2 Å². The maximum atomic E-state index is 11.9. The highest BCUT2D eigenvalue weighted by molar-refractivity contribution is 6.05. The predicted octanol–water partition coefficient (Wildman–Crippen LogP) is 2.84. The Morgan fingerprint density at radius 1 is 1.30 bits per heavy atom. The summed E-state index contributed by atoms with van der Waals surface area (Å²) < 4.78 is 10.5. The summed E-state index contributed by atoms with van der Waals surface area (Å²) in [5, 5.41) is 34.5. The molecule has 0 bridgehead atoms. The van der Waals surface area contributed by atoms with Crippen molar-refractivity contribution in [1.82, 2.24) is 10.1 Å². The summed E-state index contributed by atoms with van der Waals surface area (Å²) in [6.07, 6.45) is 0. The molecule has 0 aliphatic heterocycles. The molecule has 0 aliphatic rings. The summed E-state index contributed by atoms with van der Waals surface area (Å²) in [5.41, 5.74) is -1.50. The van der Waals surface area contributed by atoms with Crippen molar-refractivity contribution in [1.29, 1.82) is 0 Å². The van der Waals surface area contributed by atoms with Crippen molar-refractivity contribution in [3.63, 3.8) is 0 Å². The molecule has 0 spiro atoms. The van der Waals surface area contributed by atoms with Crippen LogP contribution in [0.3, 0.4) is 0 Å². The maximum Gasteiger partial charge on any atom is 0.326 e. The molecule has 10 heteroatoms. The lowest BCUT2D eigenvalue weighted by Gasteiger charge is -2.07. The Bertz CT molecular complexity index is 1010. The van der Waals surface area contributed by atoms with Crippen molar-refractivity contribution in [2.45, 2.75) is 13.5 Å². The molecule has 0 aliphatic carbocycles. The maximum absolute atomic E-state index is 11.9. The minimum atomic E-state index is -1.01. The van der Waals surface area contributed by atoms with Crippen molar-refractivity contribution in [2.75, 3.05) is 0 Å². The summed E-state index contributed by atoms with van der Waals surface area (Å²) in [5.74, 6) is -2.04. The van der Waals surface area contributed by atoms with Crippen LogP contribution in [-0.2, 0) is 6.61 Å². The molecular formula is C17H13N3O7. The van der Waals surface area contributed by atoms with Gasteiger partial charge in [-0.1, -0.05) is 23.4 Å².